The van der Waals surface area contributed by atoms with Crippen LogP contribution in [0.3, 0.4) is 0 Å². The highest BCUT2D eigenvalue weighted by atomic mass is 19.1. The standard InChI is InChI=1S/C15H13FN2O/c16-13-8-10(5-6-14(13)17)18-15(19)12-7-9-3-1-2-4-11(9)12/h1-6,8,12H,7,17H2,(H,18,19). The van der Waals surface area contributed by atoms with Crippen LogP contribution in [0.5, 0.6) is 0 Å². The highest BCUT2D eigenvalue weighted by molar-refractivity contribution is 5.97. The van der Waals surface area contributed by atoms with Gasteiger partial charge in [0.25, 0.3) is 0 Å². The summed E-state index contributed by atoms with van der Waals surface area (Å²) >= 11 is 0. The summed E-state index contributed by atoms with van der Waals surface area (Å²) in [4.78, 5) is 12.1. The first kappa shape index (κ1) is 11.7. The average molecular weight is 256 g/mol. The maximum atomic E-state index is 13.3. The number of benzene rings is 2. The number of nitrogens with one attached hydrogen (secondary N) is 1. The van der Waals surface area contributed by atoms with Gasteiger partial charge in [0.1, 0.15) is 5.82 Å². The number of fused-ring (bicyclic) bond motifs is 1. The molecule has 19 heavy (non-hydrogen) atoms. The van der Waals surface area contributed by atoms with Crippen LogP contribution in [0.15, 0.2) is 42.5 Å². The molecule has 2 aromatic rings. The van der Waals surface area contributed by atoms with Crippen LogP contribution in [0, 0.1) is 5.82 Å². The van der Waals surface area contributed by atoms with Gasteiger partial charge in [-0.25, -0.2) is 4.39 Å². The lowest BCUT2D eigenvalue weighted by Gasteiger charge is -2.28. The van der Waals surface area contributed by atoms with Crippen molar-refractivity contribution in [2.24, 2.45) is 0 Å². The molecule has 4 heteroatoms. The van der Waals surface area contributed by atoms with Gasteiger partial charge in [-0.2, -0.15) is 0 Å². The second-order valence-electron chi connectivity index (χ2n) is 4.68. The van der Waals surface area contributed by atoms with E-state index in [-0.39, 0.29) is 17.5 Å². The van der Waals surface area contributed by atoms with Crippen molar-refractivity contribution in [3.8, 4) is 0 Å². The van der Waals surface area contributed by atoms with E-state index >= 15 is 0 Å². The van der Waals surface area contributed by atoms with Crippen molar-refractivity contribution in [2.45, 2.75) is 12.3 Å². The van der Waals surface area contributed by atoms with E-state index in [0.717, 1.165) is 12.0 Å². The lowest BCUT2D eigenvalue weighted by atomic mass is 9.77. The number of halogens is 1. The van der Waals surface area contributed by atoms with Crippen LogP contribution in [0.25, 0.3) is 0 Å². The molecule has 0 spiro atoms. The number of carbonyl (C=O) groups excluding carboxylic acids is 1. The van der Waals surface area contributed by atoms with E-state index in [9.17, 15) is 9.18 Å². The third-order valence-electron chi connectivity index (χ3n) is 3.44. The molecule has 96 valence electrons. The van der Waals surface area contributed by atoms with Crippen molar-refractivity contribution < 1.29 is 9.18 Å². The van der Waals surface area contributed by atoms with Gasteiger partial charge in [-0.1, -0.05) is 24.3 Å². The molecule has 0 saturated carbocycles. The SMILES string of the molecule is Nc1ccc(NC(=O)C2Cc3ccccc32)cc1F. The van der Waals surface area contributed by atoms with Gasteiger partial charge >= 0.3 is 0 Å². The summed E-state index contributed by atoms with van der Waals surface area (Å²) in [7, 11) is 0. The fraction of sp³-hybridized carbons (Fsp3) is 0.133. The highest BCUT2D eigenvalue weighted by Crippen LogP contribution is 2.35. The normalized spacial score (nSPS) is 16.4. The van der Waals surface area contributed by atoms with Crippen LogP contribution in [0.2, 0.25) is 0 Å². The Bertz CT molecular complexity index is 654. The van der Waals surface area contributed by atoms with Crippen molar-refractivity contribution >= 4 is 17.3 Å². The van der Waals surface area contributed by atoms with Crippen LogP contribution < -0.4 is 11.1 Å². The van der Waals surface area contributed by atoms with Gasteiger partial charge in [0, 0.05) is 5.69 Å². The molecule has 1 aliphatic carbocycles. The van der Waals surface area contributed by atoms with Crippen molar-refractivity contribution in [2.75, 3.05) is 11.1 Å². The van der Waals surface area contributed by atoms with Crippen LogP contribution in [0.4, 0.5) is 15.8 Å². The monoisotopic (exact) mass is 256 g/mol. The van der Waals surface area contributed by atoms with Crippen molar-refractivity contribution in [3.63, 3.8) is 0 Å². The van der Waals surface area contributed by atoms with Gasteiger partial charge < -0.3 is 11.1 Å². The first-order valence-electron chi connectivity index (χ1n) is 6.09. The molecule has 3 rings (SSSR count). The number of nitrogens with two attached hydrogens (primary N) is 1. The molecule has 3 N–H and O–H groups in total. The third kappa shape index (κ3) is 2.05. The fourth-order valence-electron chi connectivity index (χ4n) is 2.33. The van der Waals surface area contributed by atoms with E-state index in [1.165, 1.54) is 17.7 Å². The van der Waals surface area contributed by atoms with Crippen LogP contribution >= 0.6 is 0 Å². The molecule has 0 fully saturated rings. The molecule has 0 saturated heterocycles. The van der Waals surface area contributed by atoms with Gasteiger partial charge in [-0.15, -0.1) is 0 Å². The van der Waals surface area contributed by atoms with Crippen molar-refractivity contribution in [3.05, 3.63) is 59.4 Å². The second kappa shape index (κ2) is 4.39. The van der Waals surface area contributed by atoms with Gasteiger partial charge in [-0.05, 0) is 35.7 Å². The molecule has 0 radical (unpaired) electrons. The lowest BCUT2D eigenvalue weighted by molar-refractivity contribution is -0.118. The van der Waals surface area contributed by atoms with Gasteiger partial charge in [0.05, 0.1) is 11.6 Å². The fourth-order valence-corrected chi connectivity index (χ4v) is 2.33. The molecule has 1 unspecified atom stereocenters. The number of anilines is 2. The van der Waals surface area contributed by atoms with E-state index in [0.29, 0.717) is 5.69 Å². The van der Waals surface area contributed by atoms with Crippen LogP contribution in [-0.4, -0.2) is 5.91 Å². The Kier molecular flexibility index (Phi) is 2.71. The smallest absolute Gasteiger partial charge is 0.232 e. The maximum Gasteiger partial charge on any atom is 0.232 e. The quantitative estimate of drug-likeness (QED) is 0.812. The van der Waals surface area contributed by atoms with Gasteiger partial charge in [0.2, 0.25) is 5.91 Å². The summed E-state index contributed by atoms with van der Waals surface area (Å²) in [5.74, 6) is -0.772. The van der Waals surface area contributed by atoms with Crippen molar-refractivity contribution in [1.29, 1.82) is 0 Å². The number of amides is 1. The summed E-state index contributed by atoms with van der Waals surface area (Å²) in [6.45, 7) is 0. The molecular weight excluding hydrogens is 243 g/mol. The topological polar surface area (TPSA) is 55.1 Å². The van der Waals surface area contributed by atoms with E-state index in [1.54, 1.807) is 6.07 Å². The Morgan fingerprint density at radius 3 is 2.79 bits per heavy atom. The number of hydrogen-bond acceptors (Lipinski definition) is 2. The first-order valence-corrected chi connectivity index (χ1v) is 6.09. The second-order valence-corrected chi connectivity index (χ2v) is 4.68. The zero-order chi connectivity index (χ0) is 13.4. The molecule has 3 nitrogen and oxygen atoms in total. The summed E-state index contributed by atoms with van der Waals surface area (Å²) in [5.41, 5.74) is 8.15. The van der Waals surface area contributed by atoms with Crippen molar-refractivity contribution in [1.82, 2.24) is 0 Å². The molecular formula is C15H13FN2O. The minimum absolute atomic E-state index is 0.0759. The highest BCUT2D eigenvalue weighted by Gasteiger charge is 2.31. The Hall–Kier alpha value is -2.36. The molecule has 1 atom stereocenters. The number of carbonyl (C=O) groups is 1. The Morgan fingerprint density at radius 1 is 1.26 bits per heavy atom. The molecule has 0 aliphatic heterocycles. The zero-order valence-electron chi connectivity index (χ0n) is 10.2. The molecule has 2 aromatic carbocycles. The summed E-state index contributed by atoms with van der Waals surface area (Å²) in [6, 6.07) is 12.1. The zero-order valence-corrected chi connectivity index (χ0v) is 10.2. The molecule has 0 heterocycles. The number of hydrogen-bond donors (Lipinski definition) is 2. The third-order valence-corrected chi connectivity index (χ3v) is 3.44. The number of nitrogen functional groups attached to an aromatic ring is 1. The summed E-state index contributed by atoms with van der Waals surface area (Å²) < 4.78 is 13.3. The predicted molar refractivity (Wildman–Crippen MR) is 72.3 cm³/mol. The Labute approximate surface area is 110 Å². The molecule has 1 aliphatic rings. The molecule has 0 bridgehead atoms. The van der Waals surface area contributed by atoms with Gasteiger partial charge in [-0.3, -0.25) is 4.79 Å². The van der Waals surface area contributed by atoms with E-state index in [4.69, 9.17) is 5.73 Å². The molecule has 0 aromatic heterocycles. The average Bonchev–Trinajstić information content (AvgIpc) is 2.35. The first-order chi connectivity index (χ1) is 9.15. The Balaban J connectivity index is 1.75. The summed E-state index contributed by atoms with van der Waals surface area (Å²) in [5, 5.41) is 2.72. The number of rotatable bonds is 2. The van der Waals surface area contributed by atoms with E-state index < -0.39 is 5.82 Å². The van der Waals surface area contributed by atoms with Crippen LogP contribution in [0.1, 0.15) is 17.0 Å². The maximum absolute atomic E-state index is 13.3. The minimum Gasteiger partial charge on any atom is -0.396 e. The summed E-state index contributed by atoms with van der Waals surface area (Å²) in [6.07, 6.45) is 0.736. The predicted octanol–water partition coefficient (Wildman–Crippen LogP) is 2.69. The van der Waals surface area contributed by atoms with Crippen LogP contribution in [-0.2, 0) is 11.2 Å². The van der Waals surface area contributed by atoms with E-state index in [2.05, 4.69) is 5.32 Å². The largest absolute Gasteiger partial charge is 0.396 e. The van der Waals surface area contributed by atoms with E-state index in [1.807, 2.05) is 24.3 Å². The molecule has 1 amide bonds. The lowest BCUT2D eigenvalue weighted by Crippen LogP contribution is -2.30. The Morgan fingerprint density at radius 2 is 2.05 bits per heavy atom. The minimum atomic E-state index is -0.521. The van der Waals surface area contributed by atoms with Gasteiger partial charge in [0.15, 0.2) is 0 Å².